The quantitative estimate of drug-likeness (QED) is 0.763. The van der Waals surface area contributed by atoms with Gasteiger partial charge in [-0.2, -0.15) is 16.7 Å². The smallest absolute Gasteiger partial charge is 0.321 e. The van der Waals surface area contributed by atoms with Gasteiger partial charge in [0.15, 0.2) is 5.82 Å². The topological polar surface area (TPSA) is 71.2 Å². The predicted molar refractivity (Wildman–Crippen MR) is 56.5 cm³/mol. The first-order chi connectivity index (χ1) is 6.67. The van der Waals surface area contributed by atoms with Crippen molar-refractivity contribution in [3.05, 3.63) is 5.82 Å². The average Bonchev–Trinajstić information content (AvgIpc) is 2.53. The monoisotopic (exact) mass is 217 g/mol. The van der Waals surface area contributed by atoms with Crippen molar-refractivity contribution in [1.82, 2.24) is 10.1 Å². The molecule has 14 heavy (non-hydrogen) atoms. The number of nitrogens with zero attached hydrogens (tertiary/aromatic N) is 2. The number of aryl methyl sites for hydroxylation is 1. The Bertz CT molecular complexity index is 275. The number of anilines is 1. The van der Waals surface area contributed by atoms with Crippen LogP contribution in [0.2, 0.25) is 0 Å². The van der Waals surface area contributed by atoms with Gasteiger partial charge in [-0.05, 0) is 20.1 Å². The zero-order valence-corrected chi connectivity index (χ0v) is 9.34. The highest BCUT2D eigenvalue weighted by Crippen LogP contribution is 2.14. The number of aliphatic hydroxyl groups excluding tert-OH is 1. The van der Waals surface area contributed by atoms with Crippen molar-refractivity contribution in [3.63, 3.8) is 0 Å². The van der Waals surface area contributed by atoms with E-state index in [0.29, 0.717) is 11.8 Å². The van der Waals surface area contributed by atoms with Crippen LogP contribution in [0.15, 0.2) is 4.52 Å². The van der Waals surface area contributed by atoms with E-state index in [4.69, 9.17) is 9.63 Å². The molecule has 0 aliphatic heterocycles. The van der Waals surface area contributed by atoms with Crippen LogP contribution >= 0.6 is 11.8 Å². The molecule has 2 N–H and O–H groups in total. The van der Waals surface area contributed by atoms with E-state index >= 15 is 0 Å². The number of hydrogen-bond donors (Lipinski definition) is 2. The molecule has 1 aromatic rings. The van der Waals surface area contributed by atoms with E-state index in [1.165, 1.54) is 0 Å². The minimum Gasteiger partial charge on any atom is -0.395 e. The maximum Gasteiger partial charge on any atom is 0.321 e. The Morgan fingerprint density at radius 2 is 2.36 bits per heavy atom. The molecule has 0 radical (unpaired) electrons. The molecule has 0 saturated carbocycles. The van der Waals surface area contributed by atoms with Crippen LogP contribution in [0, 0.1) is 6.92 Å². The lowest BCUT2D eigenvalue weighted by Crippen LogP contribution is -2.31. The Kier molecular flexibility index (Phi) is 4.21. The SMILES string of the molecule is CSC(CO)C(C)Nc1nc(C)no1. The molecule has 0 aliphatic carbocycles. The summed E-state index contributed by atoms with van der Waals surface area (Å²) >= 11 is 1.60. The van der Waals surface area contributed by atoms with Crippen LogP contribution < -0.4 is 5.32 Å². The van der Waals surface area contributed by atoms with Crippen LogP contribution in [0.5, 0.6) is 0 Å². The maximum absolute atomic E-state index is 9.05. The average molecular weight is 217 g/mol. The summed E-state index contributed by atoms with van der Waals surface area (Å²) < 4.78 is 4.91. The van der Waals surface area contributed by atoms with E-state index in [1.807, 2.05) is 13.2 Å². The molecule has 1 aromatic heterocycles. The summed E-state index contributed by atoms with van der Waals surface area (Å²) in [4.78, 5) is 4.02. The van der Waals surface area contributed by atoms with Crippen LogP contribution in [0.25, 0.3) is 0 Å². The van der Waals surface area contributed by atoms with Crippen LogP contribution in [0.1, 0.15) is 12.7 Å². The van der Waals surface area contributed by atoms with Crippen molar-refractivity contribution in [2.45, 2.75) is 25.1 Å². The molecule has 0 spiro atoms. The van der Waals surface area contributed by atoms with Crippen LogP contribution in [-0.4, -0.2) is 39.4 Å². The lowest BCUT2D eigenvalue weighted by Gasteiger charge is -2.19. The molecule has 2 atom stereocenters. The van der Waals surface area contributed by atoms with Crippen molar-refractivity contribution in [2.24, 2.45) is 0 Å². The van der Waals surface area contributed by atoms with E-state index in [-0.39, 0.29) is 17.9 Å². The van der Waals surface area contributed by atoms with Gasteiger partial charge in [0.2, 0.25) is 0 Å². The third kappa shape index (κ3) is 2.88. The second-order valence-electron chi connectivity index (χ2n) is 3.04. The zero-order chi connectivity index (χ0) is 10.6. The van der Waals surface area contributed by atoms with E-state index in [1.54, 1.807) is 18.7 Å². The summed E-state index contributed by atoms with van der Waals surface area (Å²) in [6.07, 6.45) is 1.96. The van der Waals surface area contributed by atoms with Crippen LogP contribution in [0.3, 0.4) is 0 Å². The third-order valence-electron chi connectivity index (χ3n) is 1.92. The highest BCUT2D eigenvalue weighted by molar-refractivity contribution is 7.99. The molecule has 1 heterocycles. The zero-order valence-electron chi connectivity index (χ0n) is 8.52. The summed E-state index contributed by atoms with van der Waals surface area (Å²) in [6, 6.07) is 0.498. The standard InChI is InChI=1S/C8H15N3O2S/c1-5(7(4-12)14-3)9-8-10-6(2)11-13-8/h5,7,12H,4H2,1-3H3,(H,9,10,11). The van der Waals surface area contributed by atoms with Crippen molar-refractivity contribution in [3.8, 4) is 0 Å². The first-order valence-corrected chi connectivity index (χ1v) is 5.66. The van der Waals surface area contributed by atoms with Crippen molar-refractivity contribution in [2.75, 3.05) is 18.2 Å². The number of aromatic nitrogens is 2. The highest BCUT2D eigenvalue weighted by atomic mass is 32.2. The van der Waals surface area contributed by atoms with E-state index in [9.17, 15) is 0 Å². The molecule has 6 heteroatoms. The van der Waals surface area contributed by atoms with Gasteiger partial charge in [-0.1, -0.05) is 5.16 Å². The van der Waals surface area contributed by atoms with Crippen LogP contribution in [-0.2, 0) is 0 Å². The molecular formula is C8H15N3O2S. The summed E-state index contributed by atoms with van der Waals surface area (Å²) in [5.74, 6) is 0.601. The van der Waals surface area contributed by atoms with Crippen molar-refractivity contribution < 1.29 is 9.63 Å². The summed E-state index contributed by atoms with van der Waals surface area (Å²) in [5, 5.41) is 15.9. The Balaban J connectivity index is 2.51. The van der Waals surface area contributed by atoms with Gasteiger partial charge in [0.05, 0.1) is 6.61 Å². The molecule has 0 fully saturated rings. The van der Waals surface area contributed by atoms with Crippen molar-refractivity contribution >= 4 is 17.8 Å². The number of thioether (sulfide) groups is 1. The molecule has 2 unspecified atom stereocenters. The molecular weight excluding hydrogens is 202 g/mol. The number of nitrogens with one attached hydrogen (secondary N) is 1. The molecule has 80 valence electrons. The largest absolute Gasteiger partial charge is 0.395 e. The third-order valence-corrected chi connectivity index (χ3v) is 3.08. The second kappa shape index (κ2) is 5.21. The molecule has 1 rings (SSSR count). The van der Waals surface area contributed by atoms with E-state index < -0.39 is 0 Å². The number of rotatable bonds is 5. The molecule has 5 nitrogen and oxygen atoms in total. The minimum absolute atomic E-state index is 0.0925. The predicted octanol–water partition coefficient (Wildman–Crippen LogP) is 0.902. The lowest BCUT2D eigenvalue weighted by atomic mass is 10.2. The lowest BCUT2D eigenvalue weighted by molar-refractivity contribution is 0.287. The van der Waals surface area contributed by atoms with Gasteiger partial charge in [0.1, 0.15) is 0 Å². The van der Waals surface area contributed by atoms with Gasteiger partial charge in [-0.15, -0.1) is 0 Å². The fourth-order valence-electron chi connectivity index (χ4n) is 1.08. The van der Waals surface area contributed by atoms with Gasteiger partial charge >= 0.3 is 6.01 Å². The molecule has 0 bridgehead atoms. The Hall–Kier alpha value is -0.750. The molecule has 0 saturated heterocycles. The van der Waals surface area contributed by atoms with Gasteiger partial charge in [0.25, 0.3) is 0 Å². The highest BCUT2D eigenvalue weighted by Gasteiger charge is 2.16. The molecule has 0 amide bonds. The van der Waals surface area contributed by atoms with Gasteiger partial charge in [-0.25, -0.2) is 0 Å². The van der Waals surface area contributed by atoms with Gasteiger partial charge in [-0.3, -0.25) is 0 Å². The fraction of sp³-hybridized carbons (Fsp3) is 0.750. The van der Waals surface area contributed by atoms with Gasteiger partial charge in [0, 0.05) is 11.3 Å². The normalized spacial score (nSPS) is 15.1. The summed E-state index contributed by atoms with van der Waals surface area (Å²) in [7, 11) is 0. The first-order valence-electron chi connectivity index (χ1n) is 4.38. The fourth-order valence-corrected chi connectivity index (χ4v) is 1.71. The number of hydrogen-bond acceptors (Lipinski definition) is 6. The maximum atomic E-state index is 9.05. The summed E-state index contributed by atoms with van der Waals surface area (Å²) in [6.45, 7) is 3.86. The van der Waals surface area contributed by atoms with E-state index in [2.05, 4.69) is 15.5 Å². The minimum atomic E-state index is 0.0925. The second-order valence-corrected chi connectivity index (χ2v) is 4.11. The Labute approximate surface area is 87.3 Å². The summed E-state index contributed by atoms with van der Waals surface area (Å²) in [5.41, 5.74) is 0. The Morgan fingerprint density at radius 3 is 2.79 bits per heavy atom. The van der Waals surface area contributed by atoms with E-state index in [0.717, 1.165) is 0 Å². The molecule has 0 aromatic carbocycles. The van der Waals surface area contributed by atoms with Gasteiger partial charge < -0.3 is 14.9 Å². The number of aliphatic hydroxyl groups is 1. The van der Waals surface area contributed by atoms with Crippen molar-refractivity contribution in [1.29, 1.82) is 0 Å². The first kappa shape index (κ1) is 11.3. The Morgan fingerprint density at radius 1 is 1.64 bits per heavy atom. The van der Waals surface area contributed by atoms with Crippen LogP contribution in [0.4, 0.5) is 6.01 Å². The molecule has 0 aliphatic rings.